The molecule has 1 aliphatic heterocycles. The maximum Gasteiger partial charge on any atom is 0.410 e. The summed E-state index contributed by atoms with van der Waals surface area (Å²) in [4.78, 5) is 28.0. The van der Waals surface area contributed by atoms with E-state index >= 15 is 0 Å². The van der Waals surface area contributed by atoms with Gasteiger partial charge >= 0.3 is 6.09 Å². The van der Waals surface area contributed by atoms with E-state index in [-0.39, 0.29) is 18.2 Å². The van der Waals surface area contributed by atoms with Crippen LogP contribution in [0.1, 0.15) is 58.7 Å². The van der Waals surface area contributed by atoms with Crippen LogP contribution in [-0.4, -0.2) is 71.0 Å². The maximum atomic E-state index is 12.3. The first-order valence-corrected chi connectivity index (χ1v) is 12.8. The number of amides is 2. The Bertz CT molecular complexity index is 1080. The molecule has 0 bridgehead atoms. The predicted octanol–water partition coefficient (Wildman–Crippen LogP) is 5.06. The van der Waals surface area contributed by atoms with E-state index in [1.54, 1.807) is 18.9 Å². The maximum absolute atomic E-state index is 12.3. The lowest BCUT2D eigenvalue weighted by atomic mass is 10.1. The van der Waals surface area contributed by atoms with Crippen LogP contribution >= 0.6 is 0 Å². The van der Waals surface area contributed by atoms with Crippen LogP contribution < -0.4 is 5.32 Å². The van der Waals surface area contributed by atoms with Crippen molar-refractivity contribution in [3.05, 3.63) is 48.2 Å². The number of carbonyl (C=O) groups excluding carboxylic acids is 2. The number of hydrogen-bond donors (Lipinski definition) is 1. The number of likely N-dealkylation sites (N-methyl/N-ethyl adjacent to an activating group) is 2. The summed E-state index contributed by atoms with van der Waals surface area (Å²) in [7, 11) is 3.78. The summed E-state index contributed by atoms with van der Waals surface area (Å²) >= 11 is 0. The second kappa shape index (κ2) is 12.4. The summed E-state index contributed by atoms with van der Waals surface area (Å²) in [5.74, 6) is -0.204. The van der Waals surface area contributed by atoms with Crippen molar-refractivity contribution in [3.8, 4) is 11.3 Å². The molecule has 1 aromatic heterocycles. The Morgan fingerprint density at radius 2 is 1.89 bits per heavy atom. The van der Waals surface area contributed by atoms with Crippen LogP contribution in [0.5, 0.6) is 0 Å². The molecule has 0 spiro atoms. The van der Waals surface area contributed by atoms with Gasteiger partial charge in [-0.05, 0) is 66.1 Å². The smallest absolute Gasteiger partial charge is 0.410 e. The van der Waals surface area contributed by atoms with Crippen molar-refractivity contribution < 1.29 is 19.1 Å². The molecule has 1 fully saturated rings. The standard InChI is InChI=1S/C28H41N5O4/c1-20(2)26(34)29-23-13-11-21(12-14-23)25-22(19-33(30-25)24-10-8-9-17-36-24)18-31(6)15-16-32(7)27(35)37-28(3,4)5/h11-14,19,24H,1,8-10,15-18H2,2-7H3,(H,29,34). The van der Waals surface area contributed by atoms with Gasteiger partial charge in [0.15, 0.2) is 0 Å². The summed E-state index contributed by atoms with van der Waals surface area (Å²) < 4.78 is 13.4. The molecule has 0 aliphatic carbocycles. The second-order valence-corrected chi connectivity index (χ2v) is 10.8. The quantitative estimate of drug-likeness (QED) is 0.473. The van der Waals surface area contributed by atoms with Gasteiger partial charge in [-0.25, -0.2) is 9.48 Å². The van der Waals surface area contributed by atoms with E-state index < -0.39 is 5.60 Å². The number of hydrogen-bond acceptors (Lipinski definition) is 6. The lowest BCUT2D eigenvalue weighted by Crippen LogP contribution is -2.38. The monoisotopic (exact) mass is 511 g/mol. The van der Waals surface area contributed by atoms with Crippen LogP contribution in [0, 0.1) is 0 Å². The van der Waals surface area contributed by atoms with Crippen LogP contribution in [0.4, 0.5) is 10.5 Å². The van der Waals surface area contributed by atoms with Crippen molar-refractivity contribution in [2.45, 2.75) is 65.3 Å². The minimum atomic E-state index is -0.523. The van der Waals surface area contributed by atoms with Crippen molar-refractivity contribution >= 4 is 17.7 Å². The fourth-order valence-electron chi connectivity index (χ4n) is 3.94. The van der Waals surface area contributed by atoms with E-state index in [9.17, 15) is 9.59 Å². The fourth-order valence-corrected chi connectivity index (χ4v) is 3.94. The number of benzene rings is 1. The molecule has 2 heterocycles. The normalized spacial score (nSPS) is 15.9. The molecule has 2 aromatic rings. The fraction of sp³-hybridized carbons (Fsp3) is 0.536. The molecule has 1 aliphatic rings. The van der Waals surface area contributed by atoms with Gasteiger partial charge in [0.05, 0.1) is 5.69 Å². The van der Waals surface area contributed by atoms with Gasteiger partial charge in [0.2, 0.25) is 0 Å². The Hall–Kier alpha value is -3.17. The molecular formula is C28H41N5O4. The highest BCUT2D eigenvalue weighted by molar-refractivity contribution is 6.02. The Morgan fingerprint density at radius 1 is 1.19 bits per heavy atom. The third-order valence-electron chi connectivity index (χ3n) is 6.02. The summed E-state index contributed by atoms with van der Waals surface area (Å²) in [5.41, 5.74) is 3.53. The molecule has 0 saturated carbocycles. The van der Waals surface area contributed by atoms with Gasteiger partial charge in [0, 0.05) is 61.9 Å². The zero-order valence-corrected chi connectivity index (χ0v) is 23.0. The molecule has 202 valence electrons. The van der Waals surface area contributed by atoms with Crippen molar-refractivity contribution in [2.24, 2.45) is 0 Å². The van der Waals surface area contributed by atoms with Crippen LogP contribution in [-0.2, 0) is 20.8 Å². The molecule has 1 saturated heterocycles. The summed E-state index contributed by atoms with van der Waals surface area (Å²) in [6.07, 6.45) is 4.78. The lowest BCUT2D eigenvalue weighted by Gasteiger charge is -2.26. The van der Waals surface area contributed by atoms with Crippen LogP contribution in [0.3, 0.4) is 0 Å². The molecule has 1 atom stereocenters. The van der Waals surface area contributed by atoms with Crippen molar-refractivity contribution in [1.29, 1.82) is 0 Å². The molecule has 0 radical (unpaired) electrons. The minimum Gasteiger partial charge on any atom is -0.444 e. The van der Waals surface area contributed by atoms with E-state index in [4.69, 9.17) is 14.6 Å². The average molecular weight is 512 g/mol. The summed E-state index contributed by atoms with van der Waals surface area (Å²) in [6, 6.07) is 7.66. The first kappa shape index (κ1) is 28.4. The molecule has 1 unspecified atom stereocenters. The topological polar surface area (TPSA) is 88.9 Å². The van der Waals surface area contributed by atoms with Gasteiger partial charge in [-0.3, -0.25) is 4.79 Å². The third-order valence-corrected chi connectivity index (χ3v) is 6.02. The van der Waals surface area contributed by atoms with Gasteiger partial charge in [0.1, 0.15) is 11.8 Å². The largest absolute Gasteiger partial charge is 0.444 e. The van der Waals surface area contributed by atoms with Crippen molar-refractivity contribution in [2.75, 3.05) is 39.1 Å². The van der Waals surface area contributed by atoms with E-state index in [1.807, 2.05) is 56.8 Å². The highest BCUT2D eigenvalue weighted by atomic mass is 16.6. The third kappa shape index (κ3) is 8.43. The summed E-state index contributed by atoms with van der Waals surface area (Å²) in [6.45, 7) is 13.6. The van der Waals surface area contributed by atoms with Crippen LogP contribution in [0.25, 0.3) is 11.3 Å². The predicted molar refractivity (Wildman–Crippen MR) is 145 cm³/mol. The van der Waals surface area contributed by atoms with Gasteiger partial charge in [0.25, 0.3) is 5.91 Å². The number of ether oxygens (including phenoxy) is 2. The lowest BCUT2D eigenvalue weighted by molar-refractivity contribution is -0.112. The number of nitrogens with zero attached hydrogens (tertiary/aromatic N) is 4. The van der Waals surface area contributed by atoms with Crippen molar-refractivity contribution in [3.63, 3.8) is 0 Å². The Labute approximate surface area is 220 Å². The van der Waals surface area contributed by atoms with Gasteiger partial charge < -0.3 is 24.6 Å². The van der Waals surface area contributed by atoms with Gasteiger partial charge in [-0.1, -0.05) is 18.7 Å². The molecule has 2 amide bonds. The first-order valence-electron chi connectivity index (χ1n) is 12.8. The molecule has 37 heavy (non-hydrogen) atoms. The number of carbonyl (C=O) groups is 2. The molecule has 1 N–H and O–H groups in total. The molecule has 9 heteroatoms. The van der Waals surface area contributed by atoms with E-state index in [2.05, 4.69) is 23.0 Å². The zero-order chi connectivity index (χ0) is 27.2. The van der Waals surface area contributed by atoms with Crippen LogP contribution in [0.15, 0.2) is 42.6 Å². The Morgan fingerprint density at radius 3 is 2.49 bits per heavy atom. The average Bonchev–Trinajstić information content (AvgIpc) is 3.26. The van der Waals surface area contributed by atoms with E-state index in [0.717, 1.165) is 42.7 Å². The molecule has 3 rings (SSSR count). The Balaban J connectivity index is 1.74. The number of nitrogens with one attached hydrogen (secondary N) is 1. The van der Waals surface area contributed by atoms with E-state index in [0.29, 0.717) is 30.9 Å². The molecular weight excluding hydrogens is 470 g/mol. The highest BCUT2D eigenvalue weighted by Gasteiger charge is 2.22. The first-order chi connectivity index (χ1) is 17.4. The Kier molecular flexibility index (Phi) is 9.50. The SMILES string of the molecule is C=C(C)C(=O)Nc1ccc(-c2nn(C3CCCCO3)cc2CN(C)CCN(C)C(=O)OC(C)(C)C)cc1. The number of anilines is 1. The highest BCUT2D eigenvalue weighted by Crippen LogP contribution is 2.29. The second-order valence-electron chi connectivity index (χ2n) is 10.8. The number of rotatable bonds is 9. The zero-order valence-electron chi connectivity index (χ0n) is 23.0. The molecule has 9 nitrogen and oxygen atoms in total. The number of aromatic nitrogens is 2. The van der Waals surface area contributed by atoms with Crippen LogP contribution in [0.2, 0.25) is 0 Å². The van der Waals surface area contributed by atoms with Gasteiger partial charge in [-0.15, -0.1) is 0 Å². The molecule has 1 aromatic carbocycles. The van der Waals surface area contributed by atoms with Gasteiger partial charge in [-0.2, -0.15) is 5.10 Å². The van der Waals surface area contributed by atoms with E-state index in [1.165, 1.54) is 0 Å². The summed E-state index contributed by atoms with van der Waals surface area (Å²) in [5, 5.41) is 7.76. The minimum absolute atomic E-state index is 0.0704. The van der Waals surface area contributed by atoms with Crippen molar-refractivity contribution in [1.82, 2.24) is 19.6 Å².